The van der Waals surface area contributed by atoms with E-state index in [2.05, 4.69) is 45.5 Å². The van der Waals surface area contributed by atoms with Gasteiger partial charge in [-0.3, -0.25) is 9.80 Å². The second-order valence-corrected chi connectivity index (χ2v) is 7.96. The molecule has 0 atom stereocenters. The molecular formula is C20H27F6N5O5. The van der Waals surface area contributed by atoms with Crippen LogP contribution in [0.25, 0.3) is 0 Å². The molecule has 1 aliphatic heterocycles. The molecule has 1 aliphatic rings. The molecule has 0 unspecified atom stereocenters. The third kappa shape index (κ3) is 10.6. The summed E-state index contributed by atoms with van der Waals surface area (Å²) in [5.41, 5.74) is 1.23. The van der Waals surface area contributed by atoms with Crippen molar-refractivity contribution in [1.29, 1.82) is 0 Å². The SMILES string of the molecule is CC(C)N(C)Cc1nnc2n1CCN(Cc1ccoc1)CC2.O=C(O)C(F)(F)F.O=C(O)C(F)(F)F. The Bertz CT molecular complexity index is 935. The van der Waals surface area contributed by atoms with E-state index in [9.17, 15) is 26.3 Å². The highest BCUT2D eigenvalue weighted by molar-refractivity contribution is 5.73. The van der Waals surface area contributed by atoms with Crippen molar-refractivity contribution < 1.29 is 50.6 Å². The molecule has 2 N–H and O–H groups in total. The molecule has 204 valence electrons. The van der Waals surface area contributed by atoms with Gasteiger partial charge in [0.25, 0.3) is 0 Å². The lowest BCUT2D eigenvalue weighted by Crippen LogP contribution is -2.29. The van der Waals surface area contributed by atoms with E-state index in [-0.39, 0.29) is 0 Å². The van der Waals surface area contributed by atoms with Crippen LogP contribution in [-0.2, 0) is 35.6 Å². The first-order chi connectivity index (χ1) is 16.5. The third-order valence-corrected chi connectivity index (χ3v) is 4.94. The molecule has 0 amide bonds. The fourth-order valence-electron chi connectivity index (χ4n) is 2.75. The van der Waals surface area contributed by atoms with Crippen LogP contribution in [0.4, 0.5) is 26.3 Å². The molecule has 3 rings (SSSR count). The van der Waals surface area contributed by atoms with Crippen LogP contribution >= 0.6 is 0 Å². The van der Waals surface area contributed by atoms with Gasteiger partial charge in [0, 0.05) is 44.2 Å². The van der Waals surface area contributed by atoms with Crippen molar-refractivity contribution >= 4 is 11.9 Å². The summed E-state index contributed by atoms with van der Waals surface area (Å²) in [5.74, 6) is -3.32. The smallest absolute Gasteiger partial charge is 0.475 e. The Labute approximate surface area is 202 Å². The molecule has 0 aliphatic carbocycles. The number of aromatic nitrogens is 3. The standard InChI is InChI=1S/C16H25N5O.2C2HF3O2/c1-13(2)19(3)11-16-18-17-15-4-6-20(7-8-21(15)16)10-14-5-9-22-12-14;2*3-2(4,5)1(6)7/h5,9,12-13H,4,6-8,10-11H2,1-3H3;2*(H,6,7). The third-order valence-electron chi connectivity index (χ3n) is 4.94. The van der Waals surface area contributed by atoms with E-state index in [1.54, 1.807) is 6.26 Å². The maximum absolute atomic E-state index is 10.6. The van der Waals surface area contributed by atoms with Crippen molar-refractivity contribution in [3.63, 3.8) is 0 Å². The van der Waals surface area contributed by atoms with Gasteiger partial charge in [0.1, 0.15) is 11.6 Å². The van der Waals surface area contributed by atoms with Gasteiger partial charge in [-0.1, -0.05) is 0 Å². The van der Waals surface area contributed by atoms with Gasteiger partial charge in [-0.05, 0) is 27.0 Å². The Hall–Kier alpha value is -3.14. The fourth-order valence-corrected chi connectivity index (χ4v) is 2.75. The summed E-state index contributed by atoms with van der Waals surface area (Å²) in [7, 11) is 2.13. The van der Waals surface area contributed by atoms with E-state index in [4.69, 9.17) is 24.2 Å². The molecular weight excluding hydrogens is 504 g/mol. The van der Waals surface area contributed by atoms with Crippen LogP contribution in [-0.4, -0.2) is 85.2 Å². The molecule has 0 saturated carbocycles. The number of carbonyl (C=O) groups is 2. The van der Waals surface area contributed by atoms with E-state index < -0.39 is 24.3 Å². The van der Waals surface area contributed by atoms with E-state index in [1.165, 1.54) is 5.56 Å². The lowest BCUT2D eigenvalue weighted by atomic mass is 10.3. The van der Waals surface area contributed by atoms with Gasteiger partial charge in [0.15, 0.2) is 0 Å². The Balaban J connectivity index is 0.000000383. The minimum atomic E-state index is -5.08. The van der Waals surface area contributed by atoms with Crippen LogP contribution in [0.1, 0.15) is 31.1 Å². The maximum Gasteiger partial charge on any atom is 0.490 e. The van der Waals surface area contributed by atoms with Gasteiger partial charge >= 0.3 is 24.3 Å². The number of aliphatic carboxylic acids is 2. The Morgan fingerprint density at radius 1 is 1.06 bits per heavy atom. The zero-order valence-electron chi connectivity index (χ0n) is 19.7. The Morgan fingerprint density at radius 2 is 1.61 bits per heavy atom. The van der Waals surface area contributed by atoms with E-state index >= 15 is 0 Å². The second-order valence-electron chi connectivity index (χ2n) is 7.96. The number of carboxylic acids is 2. The number of fused-ring (bicyclic) bond motifs is 1. The predicted molar refractivity (Wildman–Crippen MR) is 112 cm³/mol. The number of carboxylic acid groups (broad SMARTS) is 2. The first-order valence-electron chi connectivity index (χ1n) is 10.5. The monoisotopic (exact) mass is 531 g/mol. The first-order valence-corrected chi connectivity index (χ1v) is 10.5. The van der Waals surface area contributed by atoms with Crippen LogP contribution in [0.5, 0.6) is 0 Å². The van der Waals surface area contributed by atoms with E-state index in [0.717, 1.165) is 50.8 Å². The highest BCUT2D eigenvalue weighted by Gasteiger charge is 2.38. The van der Waals surface area contributed by atoms with Crippen molar-refractivity contribution in [2.75, 3.05) is 20.1 Å². The minimum Gasteiger partial charge on any atom is -0.475 e. The summed E-state index contributed by atoms with van der Waals surface area (Å²) >= 11 is 0. The van der Waals surface area contributed by atoms with Crippen molar-refractivity contribution in [1.82, 2.24) is 24.6 Å². The highest BCUT2D eigenvalue weighted by Crippen LogP contribution is 2.15. The number of alkyl halides is 6. The van der Waals surface area contributed by atoms with Crippen LogP contribution in [0.3, 0.4) is 0 Å². The van der Waals surface area contributed by atoms with Crippen LogP contribution < -0.4 is 0 Å². The summed E-state index contributed by atoms with van der Waals surface area (Å²) in [6.45, 7) is 9.19. The average Bonchev–Trinajstić information content (AvgIpc) is 3.34. The van der Waals surface area contributed by atoms with Crippen LogP contribution in [0, 0.1) is 0 Å². The van der Waals surface area contributed by atoms with Crippen LogP contribution in [0.2, 0.25) is 0 Å². The zero-order valence-corrected chi connectivity index (χ0v) is 19.7. The summed E-state index contributed by atoms with van der Waals surface area (Å²) in [6, 6.07) is 2.55. The zero-order chi connectivity index (χ0) is 27.7. The topological polar surface area (TPSA) is 125 Å². The molecule has 0 bridgehead atoms. The molecule has 0 fully saturated rings. The lowest BCUT2D eigenvalue weighted by Gasteiger charge is -2.21. The van der Waals surface area contributed by atoms with Crippen molar-refractivity contribution in [2.24, 2.45) is 0 Å². The second kappa shape index (κ2) is 13.2. The number of halogens is 6. The molecule has 0 radical (unpaired) electrons. The van der Waals surface area contributed by atoms with Gasteiger partial charge in [0.05, 0.1) is 19.1 Å². The molecule has 2 aromatic rings. The van der Waals surface area contributed by atoms with Crippen molar-refractivity contribution in [3.8, 4) is 0 Å². The van der Waals surface area contributed by atoms with E-state index in [0.29, 0.717) is 6.04 Å². The molecule has 0 spiro atoms. The van der Waals surface area contributed by atoms with Gasteiger partial charge in [-0.25, -0.2) is 9.59 Å². The van der Waals surface area contributed by atoms with Crippen LogP contribution in [0.15, 0.2) is 23.0 Å². The molecule has 0 aromatic carbocycles. The summed E-state index contributed by atoms with van der Waals surface area (Å²) < 4.78 is 70.9. The molecule has 0 saturated heterocycles. The Kier molecular flexibility index (Phi) is 11.4. The summed E-state index contributed by atoms with van der Waals surface area (Å²) in [6.07, 6.45) is -5.65. The summed E-state index contributed by atoms with van der Waals surface area (Å²) in [4.78, 5) is 22.5. The molecule has 2 aromatic heterocycles. The van der Waals surface area contributed by atoms with Crippen molar-refractivity contribution in [3.05, 3.63) is 35.8 Å². The van der Waals surface area contributed by atoms with Gasteiger partial charge in [0.2, 0.25) is 0 Å². The molecule has 36 heavy (non-hydrogen) atoms. The minimum absolute atomic E-state index is 0.510. The quantitative estimate of drug-likeness (QED) is 0.560. The largest absolute Gasteiger partial charge is 0.490 e. The molecule has 16 heteroatoms. The summed E-state index contributed by atoms with van der Waals surface area (Å²) in [5, 5.41) is 23.1. The van der Waals surface area contributed by atoms with Gasteiger partial charge in [-0.2, -0.15) is 26.3 Å². The lowest BCUT2D eigenvalue weighted by molar-refractivity contribution is -0.193. The number of rotatable bonds is 5. The maximum atomic E-state index is 10.6. The fraction of sp³-hybridized carbons (Fsp3) is 0.600. The Morgan fingerprint density at radius 3 is 2.06 bits per heavy atom. The normalized spacial score (nSPS) is 14.3. The van der Waals surface area contributed by atoms with Gasteiger partial charge < -0.3 is 19.2 Å². The predicted octanol–water partition coefficient (Wildman–Crippen LogP) is 3.04. The van der Waals surface area contributed by atoms with Gasteiger partial charge in [-0.15, -0.1) is 10.2 Å². The molecule has 3 heterocycles. The number of nitrogens with zero attached hydrogens (tertiary/aromatic N) is 5. The van der Waals surface area contributed by atoms with E-state index in [1.807, 2.05) is 12.3 Å². The highest BCUT2D eigenvalue weighted by atomic mass is 19.4. The number of hydrogen-bond donors (Lipinski definition) is 2. The first kappa shape index (κ1) is 30.9. The number of furan rings is 1. The average molecular weight is 531 g/mol. The molecule has 10 nitrogen and oxygen atoms in total. The van der Waals surface area contributed by atoms with Crippen molar-refractivity contribution in [2.45, 2.75) is 58.3 Å². The number of hydrogen-bond acceptors (Lipinski definition) is 7.